The number of hydrogen-bond acceptors (Lipinski definition) is 4. The highest BCUT2D eigenvalue weighted by molar-refractivity contribution is 7.89. The van der Waals surface area contributed by atoms with E-state index in [0.29, 0.717) is 12.1 Å². The molecule has 112 valence electrons. The van der Waals surface area contributed by atoms with Crippen molar-refractivity contribution in [2.24, 2.45) is 0 Å². The highest BCUT2D eigenvalue weighted by Crippen LogP contribution is 2.16. The van der Waals surface area contributed by atoms with Crippen molar-refractivity contribution in [1.82, 2.24) is 9.71 Å². The summed E-state index contributed by atoms with van der Waals surface area (Å²) in [5, 5.41) is 0. The molecule has 0 saturated carbocycles. The molecular formula is C15H19N3O2S. The molecule has 0 bridgehead atoms. The van der Waals surface area contributed by atoms with Gasteiger partial charge in [0.25, 0.3) is 0 Å². The molecule has 1 aromatic heterocycles. The number of nitrogens with two attached hydrogens (primary N) is 1. The molecule has 0 aliphatic carbocycles. The van der Waals surface area contributed by atoms with Crippen molar-refractivity contribution in [3.05, 3.63) is 59.9 Å². The minimum Gasteiger partial charge on any atom is -0.399 e. The van der Waals surface area contributed by atoms with Crippen LogP contribution in [0.25, 0.3) is 0 Å². The van der Waals surface area contributed by atoms with E-state index in [2.05, 4.69) is 9.71 Å². The first-order valence-electron chi connectivity index (χ1n) is 6.71. The van der Waals surface area contributed by atoms with Crippen molar-refractivity contribution < 1.29 is 8.42 Å². The Bertz CT molecular complexity index is 687. The van der Waals surface area contributed by atoms with Gasteiger partial charge in [-0.1, -0.05) is 18.2 Å². The molecule has 1 heterocycles. The van der Waals surface area contributed by atoms with Gasteiger partial charge in [-0.3, -0.25) is 4.98 Å². The third-order valence-electron chi connectivity index (χ3n) is 3.12. The Morgan fingerprint density at radius 3 is 2.71 bits per heavy atom. The van der Waals surface area contributed by atoms with Gasteiger partial charge in [0.2, 0.25) is 10.0 Å². The molecule has 2 rings (SSSR count). The van der Waals surface area contributed by atoms with Crippen LogP contribution in [0.15, 0.2) is 48.7 Å². The van der Waals surface area contributed by atoms with Gasteiger partial charge in [-0.25, -0.2) is 13.1 Å². The first-order chi connectivity index (χ1) is 9.96. The van der Waals surface area contributed by atoms with Gasteiger partial charge in [0.15, 0.2) is 0 Å². The van der Waals surface area contributed by atoms with E-state index in [1.54, 1.807) is 31.3 Å². The Kier molecular flexibility index (Phi) is 4.93. The standard InChI is InChI=1S/C15H19N3O2S/c1-12(13-5-4-6-14(16)11-13)18-21(19,20)10-8-15-7-2-3-9-17-15/h2-7,9,11-12,18H,8,10,16H2,1H3. The summed E-state index contributed by atoms with van der Waals surface area (Å²) in [4.78, 5) is 4.12. The lowest BCUT2D eigenvalue weighted by Gasteiger charge is -2.15. The second-order valence-electron chi connectivity index (χ2n) is 4.90. The van der Waals surface area contributed by atoms with Crippen molar-refractivity contribution >= 4 is 15.7 Å². The second kappa shape index (κ2) is 6.69. The Morgan fingerprint density at radius 2 is 2.05 bits per heavy atom. The second-order valence-corrected chi connectivity index (χ2v) is 6.77. The van der Waals surface area contributed by atoms with Gasteiger partial charge in [-0.15, -0.1) is 0 Å². The van der Waals surface area contributed by atoms with Gasteiger partial charge >= 0.3 is 0 Å². The maximum atomic E-state index is 12.1. The monoisotopic (exact) mass is 305 g/mol. The Hall–Kier alpha value is -1.92. The molecule has 0 aliphatic heterocycles. The molecule has 0 radical (unpaired) electrons. The average molecular weight is 305 g/mol. The van der Waals surface area contributed by atoms with Gasteiger partial charge in [-0.05, 0) is 36.8 Å². The summed E-state index contributed by atoms with van der Waals surface area (Å²) < 4.78 is 26.9. The van der Waals surface area contributed by atoms with E-state index in [1.165, 1.54) is 0 Å². The van der Waals surface area contributed by atoms with Crippen LogP contribution >= 0.6 is 0 Å². The zero-order valence-electron chi connectivity index (χ0n) is 11.9. The number of rotatable bonds is 6. The lowest BCUT2D eigenvalue weighted by atomic mass is 10.1. The van der Waals surface area contributed by atoms with Crippen molar-refractivity contribution in [3.8, 4) is 0 Å². The van der Waals surface area contributed by atoms with Crippen molar-refractivity contribution in [3.63, 3.8) is 0 Å². The molecule has 0 aliphatic rings. The first-order valence-corrected chi connectivity index (χ1v) is 8.37. The van der Waals surface area contributed by atoms with E-state index >= 15 is 0 Å². The Balaban J connectivity index is 1.97. The van der Waals surface area contributed by atoms with Crippen LogP contribution in [0.5, 0.6) is 0 Å². The van der Waals surface area contributed by atoms with Crippen LogP contribution in [0.3, 0.4) is 0 Å². The number of anilines is 1. The lowest BCUT2D eigenvalue weighted by Crippen LogP contribution is -2.30. The fourth-order valence-electron chi connectivity index (χ4n) is 2.01. The van der Waals surface area contributed by atoms with E-state index in [1.807, 2.05) is 24.3 Å². The van der Waals surface area contributed by atoms with E-state index in [4.69, 9.17) is 5.73 Å². The summed E-state index contributed by atoms with van der Waals surface area (Å²) in [7, 11) is -3.37. The highest BCUT2D eigenvalue weighted by atomic mass is 32.2. The molecule has 0 fully saturated rings. The van der Waals surface area contributed by atoms with Crippen LogP contribution < -0.4 is 10.5 Å². The Labute approximate surface area is 125 Å². The number of nitrogens with zero attached hydrogens (tertiary/aromatic N) is 1. The molecule has 5 nitrogen and oxygen atoms in total. The number of hydrogen-bond donors (Lipinski definition) is 2. The smallest absolute Gasteiger partial charge is 0.212 e. The first kappa shape index (κ1) is 15.5. The molecule has 1 atom stereocenters. The summed E-state index contributed by atoms with van der Waals surface area (Å²) in [5.41, 5.74) is 7.93. The van der Waals surface area contributed by atoms with Gasteiger partial charge < -0.3 is 5.73 Å². The fourth-order valence-corrected chi connectivity index (χ4v) is 3.28. The number of aromatic nitrogens is 1. The molecule has 0 amide bonds. The number of sulfonamides is 1. The fraction of sp³-hybridized carbons (Fsp3) is 0.267. The molecular weight excluding hydrogens is 286 g/mol. The average Bonchev–Trinajstić information content (AvgIpc) is 2.46. The number of nitrogens with one attached hydrogen (secondary N) is 1. The molecule has 6 heteroatoms. The van der Waals surface area contributed by atoms with E-state index in [9.17, 15) is 8.42 Å². The van der Waals surface area contributed by atoms with Crippen LogP contribution in [-0.2, 0) is 16.4 Å². The van der Waals surface area contributed by atoms with Crippen LogP contribution in [-0.4, -0.2) is 19.2 Å². The van der Waals surface area contributed by atoms with Gasteiger partial charge in [0, 0.05) is 30.0 Å². The zero-order valence-corrected chi connectivity index (χ0v) is 12.7. The number of nitrogen functional groups attached to an aromatic ring is 1. The molecule has 1 aromatic carbocycles. The van der Waals surface area contributed by atoms with Gasteiger partial charge in [0.1, 0.15) is 0 Å². The zero-order chi connectivity index (χ0) is 15.3. The molecule has 0 spiro atoms. The van der Waals surface area contributed by atoms with E-state index < -0.39 is 10.0 Å². The van der Waals surface area contributed by atoms with Crippen LogP contribution in [0.2, 0.25) is 0 Å². The van der Waals surface area contributed by atoms with Gasteiger partial charge in [-0.2, -0.15) is 0 Å². The molecule has 0 saturated heterocycles. The van der Waals surface area contributed by atoms with E-state index in [-0.39, 0.29) is 11.8 Å². The van der Waals surface area contributed by atoms with Crippen LogP contribution in [0.4, 0.5) is 5.69 Å². The predicted octanol–water partition coefficient (Wildman–Crippen LogP) is 1.89. The van der Waals surface area contributed by atoms with Crippen LogP contribution in [0, 0.1) is 0 Å². The van der Waals surface area contributed by atoms with Crippen molar-refractivity contribution in [1.29, 1.82) is 0 Å². The molecule has 2 aromatic rings. The van der Waals surface area contributed by atoms with Crippen LogP contribution in [0.1, 0.15) is 24.2 Å². The SMILES string of the molecule is CC(NS(=O)(=O)CCc1ccccn1)c1cccc(N)c1. The quantitative estimate of drug-likeness (QED) is 0.798. The van der Waals surface area contributed by atoms with Crippen molar-refractivity contribution in [2.75, 3.05) is 11.5 Å². The summed E-state index contributed by atoms with van der Waals surface area (Å²) in [6.07, 6.45) is 2.05. The molecule has 21 heavy (non-hydrogen) atoms. The summed E-state index contributed by atoms with van der Waals surface area (Å²) >= 11 is 0. The minimum atomic E-state index is -3.37. The Morgan fingerprint density at radius 1 is 1.24 bits per heavy atom. The number of pyridine rings is 1. The third-order valence-corrected chi connectivity index (χ3v) is 4.57. The predicted molar refractivity (Wildman–Crippen MR) is 84.1 cm³/mol. The molecule has 3 N–H and O–H groups in total. The molecule has 1 unspecified atom stereocenters. The van der Waals surface area contributed by atoms with E-state index in [0.717, 1.165) is 11.3 Å². The normalized spacial score (nSPS) is 13.0. The lowest BCUT2D eigenvalue weighted by molar-refractivity contribution is 0.566. The summed E-state index contributed by atoms with van der Waals surface area (Å²) in [6, 6.07) is 12.3. The minimum absolute atomic E-state index is 0.0106. The van der Waals surface area contributed by atoms with Crippen molar-refractivity contribution in [2.45, 2.75) is 19.4 Å². The largest absolute Gasteiger partial charge is 0.399 e. The number of aryl methyl sites for hydroxylation is 1. The number of benzene rings is 1. The highest BCUT2D eigenvalue weighted by Gasteiger charge is 2.16. The topological polar surface area (TPSA) is 85.1 Å². The third kappa shape index (κ3) is 4.84. The maximum Gasteiger partial charge on any atom is 0.212 e. The maximum absolute atomic E-state index is 12.1. The van der Waals surface area contributed by atoms with Gasteiger partial charge in [0.05, 0.1) is 5.75 Å². The summed E-state index contributed by atoms with van der Waals surface area (Å²) in [6.45, 7) is 1.80. The summed E-state index contributed by atoms with van der Waals surface area (Å²) in [5.74, 6) is 0.0106.